The fraction of sp³-hybridized carbons (Fsp3) is 0.450. The number of aryl methyl sites for hydroxylation is 1. The number of rotatable bonds is 9. The first kappa shape index (κ1) is 37.4. The molecule has 16 heteroatoms. The molecule has 3 fully saturated rings. The minimum Gasteiger partial charge on any atom is -0.368 e. The largest absolute Gasteiger partial charge is 0.433 e. The van der Waals surface area contributed by atoms with Gasteiger partial charge in [-0.25, -0.2) is 14.8 Å². The highest BCUT2D eigenvalue weighted by atomic mass is 19.4. The average Bonchev–Trinajstić information content (AvgIpc) is 3.82. The van der Waals surface area contributed by atoms with Crippen molar-refractivity contribution >= 4 is 51.6 Å². The molecule has 294 valence electrons. The third-order valence-corrected chi connectivity index (χ3v) is 11.6. The van der Waals surface area contributed by atoms with Crippen LogP contribution in [-0.2, 0) is 17.4 Å². The number of amides is 4. The number of aromatic nitrogens is 5. The van der Waals surface area contributed by atoms with E-state index in [4.69, 9.17) is 5.10 Å². The van der Waals surface area contributed by atoms with E-state index in [0.29, 0.717) is 36.4 Å². The number of pyridine rings is 2. The van der Waals surface area contributed by atoms with E-state index in [9.17, 15) is 27.6 Å². The average molecular weight is 771 g/mol. The highest BCUT2D eigenvalue weighted by Crippen LogP contribution is 2.36. The molecule has 8 rings (SSSR count). The molecule has 1 saturated carbocycles. The topological polar surface area (TPSA) is 133 Å². The number of urea groups is 1. The molecule has 2 saturated heterocycles. The number of alkyl halides is 3. The van der Waals surface area contributed by atoms with Gasteiger partial charge in [-0.05, 0) is 99.9 Å². The summed E-state index contributed by atoms with van der Waals surface area (Å²) in [6.45, 7) is 5.13. The minimum absolute atomic E-state index is 0.256. The molecule has 2 aliphatic heterocycles. The zero-order valence-electron chi connectivity index (χ0n) is 31.4. The second-order valence-corrected chi connectivity index (χ2v) is 15.2. The fourth-order valence-corrected chi connectivity index (χ4v) is 8.54. The summed E-state index contributed by atoms with van der Waals surface area (Å²) in [4.78, 5) is 51.8. The van der Waals surface area contributed by atoms with Gasteiger partial charge in [0, 0.05) is 62.1 Å². The van der Waals surface area contributed by atoms with Gasteiger partial charge in [0.15, 0.2) is 5.65 Å². The molecule has 13 nitrogen and oxygen atoms in total. The monoisotopic (exact) mass is 770 g/mol. The second-order valence-electron chi connectivity index (χ2n) is 15.2. The highest BCUT2D eigenvalue weighted by molar-refractivity contribution is 6.05. The number of imide groups is 1. The number of fused-ring (bicyclic) bond motifs is 2. The summed E-state index contributed by atoms with van der Waals surface area (Å²) in [7, 11) is 2.24. The summed E-state index contributed by atoms with van der Waals surface area (Å²) < 4.78 is 43.5. The van der Waals surface area contributed by atoms with Crippen LogP contribution in [0.5, 0.6) is 0 Å². The van der Waals surface area contributed by atoms with Crippen LogP contribution in [0.25, 0.3) is 16.6 Å². The van der Waals surface area contributed by atoms with Crippen molar-refractivity contribution in [2.24, 2.45) is 5.92 Å². The van der Waals surface area contributed by atoms with Crippen molar-refractivity contribution in [1.82, 2.24) is 34.4 Å². The Hall–Kier alpha value is -5.51. The third-order valence-electron chi connectivity index (χ3n) is 11.6. The molecule has 2 N–H and O–H groups in total. The summed E-state index contributed by atoms with van der Waals surface area (Å²) in [6, 6.07) is 11.5. The van der Waals surface area contributed by atoms with E-state index < -0.39 is 23.8 Å². The highest BCUT2D eigenvalue weighted by Gasteiger charge is 2.34. The van der Waals surface area contributed by atoms with Crippen LogP contribution in [-0.4, -0.2) is 86.2 Å². The van der Waals surface area contributed by atoms with E-state index in [2.05, 4.69) is 43.5 Å². The Labute approximate surface area is 321 Å². The zero-order valence-corrected chi connectivity index (χ0v) is 31.4. The maximum atomic E-state index is 13.2. The van der Waals surface area contributed by atoms with Gasteiger partial charge in [-0.3, -0.25) is 28.9 Å². The lowest BCUT2D eigenvalue weighted by Crippen LogP contribution is -2.50. The molecule has 1 aromatic carbocycles. The first-order valence-electron chi connectivity index (χ1n) is 19.3. The van der Waals surface area contributed by atoms with Crippen molar-refractivity contribution in [2.45, 2.75) is 76.6 Å². The van der Waals surface area contributed by atoms with Gasteiger partial charge >= 0.3 is 12.2 Å². The summed E-state index contributed by atoms with van der Waals surface area (Å²) >= 11 is 0. The molecule has 6 heterocycles. The Balaban J connectivity index is 0.848. The van der Waals surface area contributed by atoms with Crippen LogP contribution < -0.4 is 20.4 Å². The van der Waals surface area contributed by atoms with E-state index in [1.165, 1.54) is 12.1 Å². The van der Waals surface area contributed by atoms with Crippen LogP contribution in [0.15, 0.2) is 61.1 Å². The number of benzene rings is 1. The molecule has 0 radical (unpaired) electrons. The van der Waals surface area contributed by atoms with E-state index in [-0.39, 0.29) is 24.1 Å². The zero-order chi connectivity index (χ0) is 39.1. The molecule has 0 spiro atoms. The number of nitrogens with zero attached hydrogens (tertiary/aromatic N) is 8. The first-order chi connectivity index (χ1) is 26.9. The smallest absolute Gasteiger partial charge is 0.368 e. The van der Waals surface area contributed by atoms with Crippen molar-refractivity contribution in [3.63, 3.8) is 0 Å². The minimum atomic E-state index is -4.64. The maximum Gasteiger partial charge on any atom is 0.433 e. The number of hydrogen-bond donors (Lipinski definition) is 2. The lowest BCUT2D eigenvalue weighted by atomic mass is 9.85. The number of nitrogens with one attached hydrogen (secondary N) is 2. The molecular formula is C40H45F3N10O3. The summed E-state index contributed by atoms with van der Waals surface area (Å²) in [5.41, 5.74) is 2.64. The van der Waals surface area contributed by atoms with Gasteiger partial charge in [0.25, 0.3) is 5.91 Å². The van der Waals surface area contributed by atoms with Crippen LogP contribution in [0, 0.1) is 5.92 Å². The molecular weight excluding hydrogens is 726 g/mol. The number of imidazole rings is 1. The normalized spacial score (nSPS) is 20.0. The number of hydrogen-bond acceptors (Lipinski definition) is 8. The van der Waals surface area contributed by atoms with Crippen molar-refractivity contribution in [2.75, 3.05) is 48.3 Å². The van der Waals surface area contributed by atoms with Crippen LogP contribution in [0.4, 0.5) is 35.2 Å². The Kier molecular flexibility index (Phi) is 10.2. The van der Waals surface area contributed by atoms with Crippen molar-refractivity contribution < 1.29 is 27.6 Å². The SMILES string of the molecule is CCc1cc2nn(C3CCC(CN(C)C4CCN(c5cccn6c(N7CCC(=O)NC7=O)cnc56)CC4)CC3)cc2cc1NC(=O)c1cccc(C(F)(F)F)n1. The molecule has 4 amide bonds. The first-order valence-corrected chi connectivity index (χ1v) is 19.3. The lowest BCUT2D eigenvalue weighted by Gasteiger charge is -2.40. The molecule has 3 aliphatic rings. The standard InChI is InChI=1S/C40H45F3N10O3/c1-3-26-20-32-27(21-31(26)46-38(55)30-6-4-8-34(45-30)40(41,42)43)24-53(48-32)29-11-9-25(10-12-29)23-49(2)28-13-17-50(18-14-28)33-7-5-16-51-36(22-44-37(33)51)52-19-15-35(54)47-39(52)56/h4-8,16,20-22,24-25,28-29H,3,9-15,17-19,23H2,1-2H3,(H,46,55)(H,47,54,56). The van der Waals surface area contributed by atoms with E-state index in [1.54, 1.807) is 11.1 Å². The van der Waals surface area contributed by atoms with Gasteiger partial charge in [0.05, 0.1) is 23.4 Å². The predicted octanol–water partition coefficient (Wildman–Crippen LogP) is 6.69. The predicted molar refractivity (Wildman–Crippen MR) is 206 cm³/mol. The van der Waals surface area contributed by atoms with Crippen LogP contribution in [0.1, 0.15) is 79.7 Å². The lowest BCUT2D eigenvalue weighted by molar-refractivity contribution is -0.141. The molecule has 5 aromatic rings. The summed E-state index contributed by atoms with van der Waals surface area (Å²) in [6.07, 6.45) is 8.15. The molecule has 0 unspecified atom stereocenters. The molecule has 0 bridgehead atoms. The van der Waals surface area contributed by atoms with Crippen LogP contribution in [0.3, 0.4) is 0 Å². The molecule has 1 aliphatic carbocycles. The van der Waals surface area contributed by atoms with E-state index >= 15 is 0 Å². The maximum absolute atomic E-state index is 13.2. The number of piperidine rings is 1. The van der Waals surface area contributed by atoms with Gasteiger partial charge in [-0.15, -0.1) is 0 Å². The van der Waals surface area contributed by atoms with Crippen molar-refractivity contribution in [1.29, 1.82) is 0 Å². The Bertz CT molecular complexity index is 2270. The van der Waals surface area contributed by atoms with Crippen LogP contribution in [0.2, 0.25) is 0 Å². The number of carbonyl (C=O) groups excluding carboxylic acids is 3. The summed E-state index contributed by atoms with van der Waals surface area (Å²) in [5.74, 6) is 0.283. The summed E-state index contributed by atoms with van der Waals surface area (Å²) in [5, 5.41) is 11.0. The second kappa shape index (κ2) is 15.2. The number of carbonyl (C=O) groups is 3. The van der Waals surface area contributed by atoms with Gasteiger partial charge in [0.2, 0.25) is 5.91 Å². The Morgan fingerprint density at radius 3 is 2.54 bits per heavy atom. The van der Waals surface area contributed by atoms with E-state index in [0.717, 1.165) is 92.0 Å². The Morgan fingerprint density at radius 2 is 1.80 bits per heavy atom. The number of halogens is 3. The number of anilines is 3. The van der Waals surface area contributed by atoms with Crippen molar-refractivity contribution in [3.05, 3.63) is 78.0 Å². The quantitative estimate of drug-likeness (QED) is 0.170. The van der Waals surface area contributed by atoms with Gasteiger partial charge < -0.3 is 15.1 Å². The van der Waals surface area contributed by atoms with Crippen LogP contribution >= 0.6 is 0 Å². The fourth-order valence-electron chi connectivity index (χ4n) is 8.54. The third kappa shape index (κ3) is 7.53. The van der Waals surface area contributed by atoms with Gasteiger partial charge in [-0.2, -0.15) is 18.3 Å². The molecule has 0 atom stereocenters. The van der Waals surface area contributed by atoms with Gasteiger partial charge in [0.1, 0.15) is 17.2 Å². The molecule has 4 aromatic heterocycles. The van der Waals surface area contributed by atoms with E-state index in [1.807, 2.05) is 46.6 Å². The molecule has 56 heavy (non-hydrogen) atoms. The Morgan fingerprint density at radius 1 is 1.02 bits per heavy atom. The van der Waals surface area contributed by atoms with Crippen molar-refractivity contribution in [3.8, 4) is 0 Å². The van der Waals surface area contributed by atoms with Gasteiger partial charge in [-0.1, -0.05) is 13.0 Å².